The molecule has 1 aromatic rings. The van der Waals surface area contributed by atoms with Crippen LogP contribution in [0.1, 0.15) is 31.7 Å². The number of guanidine groups is 1. The van der Waals surface area contributed by atoms with Gasteiger partial charge >= 0.3 is 0 Å². The van der Waals surface area contributed by atoms with E-state index in [-0.39, 0.29) is 36.4 Å². The molecule has 2 N–H and O–H groups in total. The maximum Gasteiger partial charge on any atom is 0.243 e. The summed E-state index contributed by atoms with van der Waals surface area (Å²) in [5, 5.41) is 6.49. The molecule has 0 aliphatic rings. The van der Waals surface area contributed by atoms with Gasteiger partial charge in [-0.3, -0.25) is 4.79 Å². The molecular weight excluding hydrogens is 455 g/mol. The van der Waals surface area contributed by atoms with Crippen LogP contribution in [-0.2, 0) is 4.79 Å². The number of rotatable bonds is 9. The highest BCUT2D eigenvalue weighted by molar-refractivity contribution is 14.0. The van der Waals surface area contributed by atoms with Crippen molar-refractivity contribution in [3.63, 3.8) is 0 Å². The summed E-state index contributed by atoms with van der Waals surface area (Å²) in [6, 6.07) is 8.14. The van der Waals surface area contributed by atoms with Gasteiger partial charge in [-0.15, -0.1) is 24.0 Å². The highest BCUT2D eigenvalue weighted by Crippen LogP contribution is 2.21. The molecule has 0 saturated heterocycles. The summed E-state index contributed by atoms with van der Waals surface area (Å²) >= 11 is 0. The standard InChI is InChI=1S/C20H32N4O2.HI/c1-15(2)13-22-20(23-14-19(25)24(4)5)21-12-11-16(3)17-7-9-18(26-6)10-8-17;/h7-10,16H,1,11-14H2,2-6H3,(H2,21,22,23);1H. The van der Waals surface area contributed by atoms with E-state index in [1.807, 2.05) is 19.1 Å². The topological polar surface area (TPSA) is 66.0 Å². The average molecular weight is 488 g/mol. The molecule has 0 bridgehead atoms. The molecule has 0 spiro atoms. The Labute approximate surface area is 180 Å². The minimum absolute atomic E-state index is 0. The fraction of sp³-hybridized carbons (Fsp3) is 0.500. The zero-order valence-corrected chi connectivity index (χ0v) is 19.4. The smallest absolute Gasteiger partial charge is 0.243 e. The molecule has 0 aliphatic carbocycles. The van der Waals surface area contributed by atoms with Crippen molar-refractivity contribution < 1.29 is 9.53 Å². The minimum atomic E-state index is -0.0342. The van der Waals surface area contributed by atoms with Gasteiger partial charge in [-0.1, -0.05) is 31.2 Å². The van der Waals surface area contributed by atoms with E-state index in [9.17, 15) is 4.79 Å². The van der Waals surface area contributed by atoms with E-state index in [0.29, 0.717) is 18.4 Å². The first-order valence-corrected chi connectivity index (χ1v) is 8.84. The van der Waals surface area contributed by atoms with Gasteiger partial charge in [0, 0.05) is 27.2 Å². The van der Waals surface area contributed by atoms with Crippen LogP contribution < -0.4 is 15.4 Å². The molecule has 0 heterocycles. The molecule has 27 heavy (non-hydrogen) atoms. The maximum absolute atomic E-state index is 11.7. The van der Waals surface area contributed by atoms with E-state index < -0.39 is 0 Å². The van der Waals surface area contributed by atoms with Crippen molar-refractivity contribution >= 4 is 35.8 Å². The summed E-state index contributed by atoms with van der Waals surface area (Å²) in [5.41, 5.74) is 2.27. The Morgan fingerprint density at radius 2 is 1.89 bits per heavy atom. The Bertz CT molecular complexity index is 615. The predicted molar refractivity (Wildman–Crippen MR) is 123 cm³/mol. The van der Waals surface area contributed by atoms with Crippen molar-refractivity contribution in [3.05, 3.63) is 42.0 Å². The van der Waals surface area contributed by atoms with Crippen LogP contribution >= 0.6 is 24.0 Å². The second-order valence-corrected chi connectivity index (χ2v) is 6.65. The Kier molecular flexibility index (Phi) is 12.5. The molecule has 0 fully saturated rings. The van der Waals surface area contributed by atoms with Crippen LogP contribution in [0.4, 0.5) is 0 Å². The normalized spacial score (nSPS) is 11.8. The number of benzene rings is 1. The first-order valence-electron chi connectivity index (χ1n) is 8.84. The lowest BCUT2D eigenvalue weighted by Crippen LogP contribution is -2.40. The molecule has 7 heteroatoms. The van der Waals surface area contributed by atoms with Gasteiger partial charge in [-0.05, 0) is 37.0 Å². The molecular formula is C20H33IN4O2. The van der Waals surface area contributed by atoms with Crippen LogP contribution in [-0.4, -0.2) is 57.6 Å². The number of nitrogens with zero attached hydrogens (tertiary/aromatic N) is 2. The molecule has 1 aromatic carbocycles. The Balaban J connectivity index is 0.00000676. The molecule has 152 valence electrons. The van der Waals surface area contributed by atoms with Gasteiger partial charge in [-0.25, -0.2) is 4.99 Å². The van der Waals surface area contributed by atoms with Crippen molar-refractivity contribution in [2.24, 2.45) is 4.99 Å². The van der Waals surface area contributed by atoms with Crippen molar-refractivity contribution in [1.29, 1.82) is 0 Å². The number of carbonyl (C=O) groups excluding carboxylic acids is 1. The summed E-state index contributed by atoms with van der Waals surface area (Å²) in [6.07, 6.45) is 0.946. The van der Waals surface area contributed by atoms with Crippen LogP contribution in [0.15, 0.2) is 41.4 Å². The monoisotopic (exact) mass is 488 g/mol. The highest BCUT2D eigenvalue weighted by atomic mass is 127. The van der Waals surface area contributed by atoms with Crippen LogP contribution in [0.25, 0.3) is 0 Å². The number of likely N-dealkylation sites (N-methyl/N-ethyl adjacent to an activating group) is 1. The summed E-state index contributed by atoms with van der Waals surface area (Å²) < 4.78 is 5.20. The van der Waals surface area contributed by atoms with E-state index in [1.165, 1.54) is 10.5 Å². The number of hydrogen-bond acceptors (Lipinski definition) is 3. The molecule has 1 amide bonds. The lowest BCUT2D eigenvalue weighted by atomic mass is 9.98. The molecule has 0 aliphatic heterocycles. The third kappa shape index (κ3) is 10.2. The average Bonchev–Trinajstić information content (AvgIpc) is 2.62. The summed E-state index contributed by atoms with van der Waals surface area (Å²) in [6.45, 7) is 9.51. The Hall–Kier alpha value is -1.77. The number of halogens is 1. The Morgan fingerprint density at radius 1 is 1.26 bits per heavy atom. The zero-order chi connectivity index (χ0) is 19.5. The molecule has 1 rings (SSSR count). The predicted octanol–water partition coefficient (Wildman–Crippen LogP) is 3.01. The molecule has 6 nitrogen and oxygen atoms in total. The molecule has 1 atom stereocenters. The van der Waals surface area contributed by atoms with Crippen LogP contribution in [0, 0.1) is 0 Å². The first kappa shape index (κ1) is 25.2. The quantitative estimate of drug-likeness (QED) is 0.243. The Morgan fingerprint density at radius 3 is 2.41 bits per heavy atom. The van der Waals surface area contributed by atoms with Crippen molar-refractivity contribution in [2.75, 3.05) is 40.8 Å². The fourth-order valence-corrected chi connectivity index (χ4v) is 2.20. The maximum atomic E-state index is 11.7. The van der Waals surface area contributed by atoms with Gasteiger partial charge in [0.1, 0.15) is 12.3 Å². The lowest BCUT2D eigenvalue weighted by molar-refractivity contribution is -0.127. The number of methoxy groups -OCH3 is 1. The van der Waals surface area contributed by atoms with Crippen molar-refractivity contribution in [1.82, 2.24) is 15.5 Å². The number of hydrogen-bond donors (Lipinski definition) is 2. The largest absolute Gasteiger partial charge is 0.497 e. The number of amides is 1. The summed E-state index contributed by atoms with van der Waals surface area (Å²) in [4.78, 5) is 17.6. The summed E-state index contributed by atoms with van der Waals surface area (Å²) in [7, 11) is 5.12. The van der Waals surface area contributed by atoms with Gasteiger partial charge in [0.05, 0.1) is 7.11 Å². The lowest BCUT2D eigenvalue weighted by Gasteiger charge is -2.16. The number of aliphatic imine (C=N–C) groups is 1. The van der Waals surface area contributed by atoms with Gasteiger partial charge in [0.15, 0.2) is 5.96 Å². The van der Waals surface area contributed by atoms with Gasteiger partial charge in [0.2, 0.25) is 5.91 Å². The van der Waals surface area contributed by atoms with Crippen LogP contribution in [0.5, 0.6) is 5.75 Å². The van der Waals surface area contributed by atoms with Gasteiger partial charge < -0.3 is 20.3 Å². The molecule has 0 aromatic heterocycles. The zero-order valence-electron chi connectivity index (χ0n) is 17.0. The third-order valence-electron chi connectivity index (χ3n) is 3.98. The number of ether oxygens (including phenoxy) is 1. The van der Waals surface area contributed by atoms with Crippen LogP contribution in [0.2, 0.25) is 0 Å². The molecule has 1 unspecified atom stereocenters. The highest BCUT2D eigenvalue weighted by Gasteiger charge is 2.08. The van der Waals surface area contributed by atoms with E-state index >= 15 is 0 Å². The second kappa shape index (κ2) is 13.4. The van der Waals surface area contributed by atoms with Crippen LogP contribution in [0.3, 0.4) is 0 Å². The van der Waals surface area contributed by atoms with Gasteiger partial charge in [0.25, 0.3) is 0 Å². The van der Waals surface area contributed by atoms with Gasteiger partial charge in [-0.2, -0.15) is 0 Å². The van der Waals surface area contributed by atoms with E-state index in [2.05, 4.69) is 41.3 Å². The minimum Gasteiger partial charge on any atom is -0.497 e. The SMILES string of the molecule is C=C(C)CNC(=NCC(=O)N(C)C)NCCC(C)c1ccc(OC)cc1.I. The molecule has 0 saturated carbocycles. The van der Waals surface area contributed by atoms with E-state index in [1.54, 1.807) is 21.2 Å². The number of carbonyl (C=O) groups is 1. The van der Waals surface area contributed by atoms with E-state index in [0.717, 1.165) is 24.3 Å². The second-order valence-electron chi connectivity index (χ2n) is 6.65. The third-order valence-corrected chi connectivity index (χ3v) is 3.98. The van der Waals surface area contributed by atoms with E-state index in [4.69, 9.17) is 4.74 Å². The van der Waals surface area contributed by atoms with Crippen molar-refractivity contribution in [3.8, 4) is 5.75 Å². The fourth-order valence-electron chi connectivity index (χ4n) is 2.20. The number of nitrogens with one attached hydrogen (secondary N) is 2. The van der Waals surface area contributed by atoms with Crippen molar-refractivity contribution in [2.45, 2.75) is 26.2 Å². The summed E-state index contributed by atoms with van der Waals surface area (Å²) in [5.74, 6) is 1.86. The molecule has 0 radical (unpaired) electrons. The first-order chi connectivity index (χ1) is 12.3.